The molecule has 4 heteroatoms. The van der Waals surface area contributed by atoms with E-state index >= 15 is 0 Å². The van der Waals surface area contributed by atoms with Crippen molar-refractivity contribution in [3.05, 3.63) is 95.1 Å². The molecule has 2 aromatic carbocycles. The van der Waals surface area contributed by atoms with E-state index in [9.17, 15) is 9.59 Å². The van der Waals surface area contributed by atoms with Crippen LogP contribution in [0.2, 0.25) is 0 Å². The van der Waals surface area contributed by atoms with Crippen LogP contribution in [-0.4, -0.2) is 24.1 Å². The Hall–Kier alpha value is -3.14. The molecule has 0 radical (unpaired) electrons. The largest absolute Gasteiger partial charge is 0.459 e. The summed E-state index contributed by atoms with van der Waals surface area (Å²) in [7, 11) is 0. The van der Waals surface area contributed by atoms with E-state index in [1.165, 1.54) is 11.1 Å². The third-order valence-electron chi connectivity index (χ3n) is 5.71. The molecular weight excluding hydrogens is 412 g/mol. The number of carbonyl (C=O) groups excluding carboxylic acids is 2. The Kier molecular flexibility index (Phi) is 8.81. The molecule has 0 aliphatic rings. The third-order valence-corrected chi connectivity index (χ3v) is 5.71. The average molecular weight is 449 g/mol. The predicted molar refractivity (Wildman–Crippen MR) is 133 cm³/mol. The second-order valence-corrected chi connectivity index (χ2v) is 9.42. The third kappa shape index (κ3) is 7.45. The molecule has 2 atom stereocenters. The van der Waals surface area contributed by atoms with Crippen LogP contribution in [0.1, 0.15) is 63.8 Å². The number of hydrogen-bond donors (Lipinski definition) is 0. The van der Waals surface area contributed by atoms with Gasteiger partial charge in [0.1, 0.15) is 12.2 Å². The number of carbonyl (C=O) groups is 2. The quantitative estimate of drug-likeness (QED) is 0.325. The molecule has 4 nitrogen and oxygen atoms in total. The van der Waals surface area contributed by atoms with Crippen LogP contribution in [0.25, 0.3) is 0 Å². The smallest absolute Gasteiger partial charge is 0.333 e. The molecule has 176 valence electrons. The van der Waals surface area contributed by atoms with Gasteiger partial charge in [0.15, 0.2) is 0 Å². The van der Waals surface area contributed by atoms with Crippen molar-refractivity contribution >= 4 is 11.9 Å². The minimum Gasteiger partial charge on any atom is -0.459 e. The van der Waals surface area contributed by atoms with Gasteiger partial charge in [-0.3, -0.25) is 0 Å². The van der Waals surface area contributed by atoms with E-state index in [0.717, 1.165) is 11.1 Å². The first-order chi connectivity index (χ1) is 15.4. The highest BCUT2D eigenvalue weighted by molar-refractivity contribution is 5.87. The van der Waals surface area contributed by atoms with Gasteiger partial charge in [-0.25, -0.2) is 9.59 Å². The van der Waals surface area contributed by atoms with Crippen LogP contribution in [-0.2, 0) is 37.3 Å². The molecule has 2 unspecified atom stereocenters. The van der Waals surface area contributed by atoms with Gasteiger partial charge in [-0.05, 0) is 49.9 Å². The highest BCUT2D eigenvalue weighted by Crippen LogP contribution is 2.32. The van der Waals surface area contributed by atoms with Gasteiger partial charge in [-0.15, -0.1) is 0 Å². The molecule has 0 heterocycles. The summed E-state index contributed by atoms with van der Waals surface area (Å²) in [5.74, 6) is -0.709. The Morgan fingerprint density at radius 3 is 1.30 bits per heavy atom. The molecule has 0 aromatic heterocycles. The molecule has 0 amide bonds. The van der Waals surface area contributed by atoms with Crippen LogP contribution in [0, 0.1) is 0 Å². The van der Waals surface area contributed by atoms with E-state index in [1.54, 1.807) is 13.8 Å². The fourth-order valence-corrected chi connectivity index (χ4v) is 3.60. The zero-order valence-corrected chi connectivity index (χ0v) is 20.7. The van der Waals surface area contributed by atoms with Crippen molar-refractivity contribution in [1.82, 2.24) is 0 Å². The summed E-state index contributed by atoms with van der Waals surface area (Å²) in [6.45, 7) is 18.7. The Morgan fingerprint density at radius 2 is 1.03 bits per heavy atom. The van der Waals surface area contributed by atoms with Crippen molar-refractivity contribution < 1.29 is 19.1 Å². The van der Waals surface area contributed by atoms with Gasteiger partial charge < -0.3 is 9.47 Å². The predicted octanol–water partition coefficient (Wildman–Crippen LogP) is 6.11. The molecule has 33 heavy (non-hydrogen) atoms. The van der Waals surface area contributed by atoms with Crippen LogP contribution in [0.15, 0.2) is 72.8 Å². The van der Waals surface area contributed by atoms with E-state index in [-0.39, 0.29) is 29.6 Å². The Balaban J connectivity index is 2.04. The highest BCUT2D eigenvalue weighted by Gasteiger charge is 2.23. The zero-order chi connectivity index (χ0) is 24.8. The van der Waals surface area contributed by atoms with Gasteiger partial charge in [-0.2, -0.15) is 0 Å². The van der Waals surface area contributed by atoms with Crippen molar-refractivity contribution in [3.8, 4) is 0 Å². The minimum absolute atomic E-state index is 0.173. The standard InChI is InChI=1S/C29H36O4/c1-19(2)27(30)32-21(5)17-23-9-13-25(14-10-23)29(7,8)26-15-11-24(12-16-26)18-22(6)33-28(31)20(3)4/h9-16,21-22H,1,3,17-18H2,2,4-8H3. The molecule has 0 saturated heterocycles. The fourth-order valence-electron chi connectivity index (χ4n) is 3.60. The molecule has 2 rings (SSSR count). The normalized spacial score (nSPS) is 13.0. The highest BCUT2D eigenvalue weighted by atomic mass is 16.5. The molecule has 0 aliphatic heterocycles. The lowest BCUT2D eigenvalue weighted by molar-refractivity contribution is -0.144. The summed E-state index contributed by atoms with van der Waals surface area (Å²) in [6.07, 6.45) is 0.890. The van der Waals surface area contributed by atoms with Gasteiger partial charge in [0, 0.05) is 29.4 Å². The Labute approximate surface area is 198 Å². The molecule has 0 spiro atoms. The first-order valence-corrected chi connectivity index (χ1v) is 11.3. The van der Waals surface area contributed by atoms with Crippen molar-refractivity contribution in [2.24, 2.45) is 0 Å². The van der Waals surface area contributed by atoms with Crippen molar-refractivity contribution in [2.45, 2.75) is 72.0 Å². The minimum atomic E-state index is -0.355. The molecule has 0 bridgehead atoms. The molecule has 0 N–H and O–H groups in total. The maximum absolute atomic E-state index is 11.7. The Morgan fingerprint density at radius 1 is 0.727 bits per heavy atom. The van der Waals surface area contributed by atoms with Gasteiger partial charge in [-0.1, -0.05) is 75.5 Å². The molecule has 0 saturated carbocycles. The number of ether oxygens (including phenoxy) is 2. The number of esters is 2. The van der Waals surface area contributed by atoms with Crippen molar-refractivity contribution in [3.63, 3.8) is 0 Å². The molecule has 0 fully saturated rings. The van der Waals surface area contributed by atoms with Crippen LogP contribution in [0.3, 0.4) is 0 Å². The first kappa shape index (κ1) is 26.1. The molecule has 0 aliphatic carbocycles. The SMILES string of the molecule is C=C(C)C(=O)OC(C)Cc1ccc(C(C)(C)c2ccc(CC(C)OC(=O)C(=C)C)cc2)cc1. The fraction of sp³-hybridized carbons (Fsp3) is 0.379. The van der Waals surface area contributed by atoms with Gasteiger partial charge in [0.25, 0.3) is 0 Å². The second-order valence-electron chi connectivity index (χ2n) is 9.42. The van der Waals surface area contributed by atoms with Crippen LogP contribution >= 0.6 is 0 Å². The summed E-state index contributed by atoms with van der Waals surface area (Å²) in [5, 5.41) is 0. The maximum Gasteiger partial charge on any atom is 0.333 e. The van der Waals surface area contributed by atoms with Crippen molar-refractivity contribution in [1.29, 1.82) is 0 Å². The van der Waals surface area contributed by atoms with Crippen LogP contribution in [0.4, 0.5) is 0 Å². The van der Waals surface area contributed by atoms with E-state index < -0.39 is 0 Å². The monoisotopic (exact) mass is 448 g/mol. The summed E-state index contributed by atoms with van der Waals surface area (Å²) in [6, 6.07) is 16.9. The van der Waals surface area contributed by atoms with E-state index in [2.05, 4.69) is 75.5 Å². The number of hydrogen-bond acceptors (Lipinski definition) is 4. The zero-order valence-electron chi connectivity index (χ0n) is 20.7. The van der Waals surface area contributed by atoms with Crippen LogP contribution < -0.4 is 0 Å². The van der Waals surface area contributed by atoms with Gasteiger partial charge >= 0.3 is 11.9 Å². The summed E-state index contributed by atoms with van der Waals surface area (Å²) < 4.78 is 10.8. The summed E-state index contributed by atoms with van der Waals surface area (Å²) in [5.41, 5.74) is 5.28. The second kappa shape index (κ2) is 11.1. The van der Waals surface area contributed by atoms with E-state index in [0.29, 0.717) is 24.0 Å². The van der Waals surface area contributed by atoms with Gasteiger partial charge in [0.05, 0.1) is 0 Å². The van der Waals surface area contributed by atoms with E-state index in [4.69, 9.17) is 9.47 Å². The van der Waals surface area contributed by atoms with Gasteiger partial charge in [0.2, 0.25) is 0 Å². The molecule has 2 aromatic rings. The lowest BCUT2D eigenvalue weighted by Gasteiger charge is -2.27. The summed E-state index contributed by atoms with van der Waals surface area (Å²) >= 11 is 0. The summed E-state index contributed by atoms with van der Waals surface area (Å²) in [4.78, 5) is 23.4. The lowest BCUT2D eigenvalue weighted by atomic mass is 9.77. The average Bonchev–Trinajstić information content (AvgIpc) is 2.74. The maximum atomic E-state index is 11.7. The lowest BCUT2D eigenvalue weighted by Crippen LogP contribution is -2.20. The van der Waals surface area contributed by atoms with E-state index in [1.807, 2.05) is 13.8 Å². The molecular formula is C29H36O4. The number of benzene rings is 2. The topological polar surface area (TPSA) is 52.6 Å². The van der Waals surface area contributed by atoms with Crippen molar-refractivity contribution in [2.75, 3.05) is 0 Å². The van der Waals surface area contributed by atoms with Crippen LogP contribution in [0.5, 0.6) is 0 Å². The first-order valence-electron chi connectivity index (χ1n) is 11.3. The Bertz CT molecular complexity index is 915. The number of rotatable bonds is 10.